The predicted octanol–water partition coefficient (Wildman–Crippen LogP) is 4.08. The molecule has 0 aliphatic carbocycles. The lowest BCUT2D eigenvalue weighted by Gasteiger charge is -2.10. The first-order chi connectivity index (χ1) is 10.7. The van der Waals surface area contributed by atoms with Crippen molar-refractivity contribution >= 4 is 27.8 Å². The molecule has 0 spiro atoms. The highest BCUT2D eigenvalue weighted by Gasteiger charge is 2.34. The Morgan fingerprint density at radius 3 is 2.41 bits per heavy atom. The maximum absolute atomic E-state index is 12.6. The second kappa shape index (κ2) is 5.85. The molecule has 0 amide bonds. The van der Waals surface area contributed by atoms with Gasteiger partial charge in [-0.15, -0.1) is 0 Å². The van der Waals surface area contributed by atoms with Crippen LogP contribution in [0.15, 0.2) is 46.6 Å². The first kappa shape index (κ1) is 14.7. The van der Waals surface area contributed by atoms with Crippen LogP contribution in [0.1, 0.15) is 15.9 Å². The molecule has 0 radical (unpaired) electrons. The summed E-state index contributed by atoms with van der Waals surface area (Å²) in [5.74, 6) is 1.44. The number of Topliss-reactive ketones (excluding diaryl/α,β-unsaturated/α-hetero) is 1. The van der Waals surface area contributed by atoms with Gasteiger partial charge in [-0.3, -0.25) is 4.79 Å². The largest absolute Gasteiger partial charge is 0.496 e. The molecular weight excluding hydrogens is 348 g/mol. The number of carbonyl (C=O) groups excluding carboxylic acids is 1. The Kier molecular flexibility index (Phi) is 3.90. The molecule has 0 saturated carbocycles. The van der Waals surface area contributed by atoms with Crippen LogP contribution in [0.25, 0.3) is 6.08 Å². The molecule has 0 atom stereocenters. The number of halogens is 1. The maximum Gasteiger partial charge on any atom is 0.235 e. The van der Waals surface area contributed by atoms with Gasteiger partial charge in [-0.25, -0.2) is 0 Å². The number of rotatable bonds is 3. The number of ether oxygens (including phenoxy) is 3. The van der Waals surface area contributed by atoms with E-state index in [-0.39, 0.29) is 11.5 Å². The number of allylic oxidation sites excluding steroid dienone is 1. The summed E-state index contributed by atoms with van der Waals surface area (Å²) in [5.41, 5.74) is 1.29. The summed E-state index contributed by atoms with van der Waals surface area (Å²) in [7, 11) is 3.05. The van der Waals surface area contributed by atoms with Crippen molar-refractivity contribution in [2.45, 2.75) is 0 Å². The predicted molar refractivity (Wildman–Crippen MR) is 86.6 cm³/mol. The average molecular weight is 361 g/mol. The summed E-state index contributed by atoms with van der Waals surface area (Å²) >= 11 is 3.41. The third kappa shape index (κ3) is 2.37. The van der Waals surface area contributed by atoms with E-state index in [1.165, 1.54) is 7.11 Å². The lowest BCUT2D eigenvalue weighted by Crippen LogP contribution is -2.00. The number of fused-ring (bicyclic) bond motifs is 1. The maximum atomic E-state index is 12.6. The summed E-state index contributed by atoms with van der Waals surface area (Å²) in [4.78, 5) is 12.6. The van der Waals surface area contributed by atoms with Crippen molar-refractivity contribution in [1.29, 1.82) is 0 Å². The Morgan fingerprint density at radius 1 is 1.09 bits per heavy atom. The third-order valence-corrected chi connectivity index (χ3v) is 4.10. The first-order valence-corrected chi connectivity index (χ1v) is 7.38. The summed E-state index contributed by atoms with van der Waals surface area (Å²) in [6, 6.07) is 11.2. The minimum atomic E-state index is -0.209. The zero-order valence-corrected chi connectivity index (χ0v) is 13.6. The van der Waals surface area contributed by atoms with Gasteiger partial charge in [-0.05, 0) is 27.6 Å². The van der Waals surface area contributed by atoms with Gasteiger partial charge in [-0.1, -0.05) is 30.3 Å². The van der Waals surface area contributed by atoms with Gasteiger partial charge >= 0.3 is 0 Å². The summed E-state index contributed by atoms with van der Waals surface area (Å²) in [5, 5.41) is 0. The molecular formula is C17H13BrO4. The van der Waals surface area contributed by atoms with Crippen molar-refractivity contribution in [3.05, 3.63) is 57.8 Å². The molecule has 112 valence electrons. The van der Waals surface area contributed by atoms with Crippen LogP contribution in [0.5, 0.6) is 17.2 Å². The van der Waals surface area contributed by atoms with E-state index in [1.54, 1.807) is 19.3 Å². The highest BCUT2D eigenvalue weighted by molar-refractivity contribution is 9.10. The van der Waals surface area contributed by atoms with Crippen LogP contribution < -0.4 is 14.2 Å². The summed E-state index contributed by atoms with van der Waals surface area (Å²) in [6.07, 6.45) is 1.71. The molecule has 1 heterocycles. The summed E-state index contributed by atoms with van der Waals surface area (Å²) in [6.45, 7) is 0. The fraction of sp³-hybridized carbons (Fsp3) is 0.118. The molecule has 1 aliphatic heterocycles. The molecule has 0 aromatic heterocycles. The normalized spacial score (nSPS) is 14.7. The van der Waals surface area contributed by atoms with Crippen LogP contribution in [0.3, 0.4) is 0 Å². The van der Waals surface area contributed by atoms with E-state index in [1.807, 2.05) is 30.3 Å². The number of hydrogen-bond donors (Lipinski definition) is 0. The second-order valence-electron chi connectivity index (χ2n) is 4.65. The molecule has 0 saturated heterocycles. The topological polar surface area (TPSA) is 44.8 Å². The number of carbonyl (C=O) groups is 1. The lowest BCUT2D eigenvalue weighted by molar-refractivity contribution is 0.101. The van der Waals surface area contributed by atoms with Gasteiger partial charge in [-0.2, -0.15) is 0 Å². The van der Waals surface area contributed by atoms with Gasteiger partial charge < -0.3 is 14.2 Å². The molecule has 3 rings (SSSR count). The zero-order valence-electron chi connectivity index (χ0n) is 12.1. The van der Waals surface area contributed by atoms with E-state index in [0.717, 1.165) is 5.56 Å². The van der Waals surface area contributed by atoms with E-state index < -0.39 is 0 Å². The third-order valence-electron chi connectivity index (χ3n) is 3.35. The molecule has 2 aromatic rings. The van der Waals surface area contributed by atoms with Crippen LogP contribution in [0, 0.1) is 0 Å². The van der Waals surface area contributed by atoms with E-state index >= 15 is 0 Å². The smallest absolute Gasteiger partial charge is 0.235 e. The summed E-state index contributed by atoms with van der Waals surface area (Å²) < 4.78 is 16.9. The quantitative estimate of drug-likeness (QED) is 0.773. The monoisotopic (exact) mass is 360 g/mol. The van der Waals surface area contributed by atoms with E-state index in [4.69, 9.17) is 14.2 Å². The average Bonchev–Trinajstić information content (AvgIpc) is 2.87. The van der Waals surface area contributed by atoms with E-state index in [2.05, 4.69) is 15.9 Å². The Labute approximate surface area is 136 Å². The van der Waals surface area contributed by atoms with Crippen LogP contribution in [-0.4, -0.2) is 20.0 Å². The number of ketones is 1. The van der Waals surface area contributed by atoms with Crippen molar-refractivity contribution in [3.63, 3.8) is 0 Å². The fourth-order valence-electron chi connectivity index (χ4n) is 2.28. The molecule has 4 nitrogen and oxygen atoms in total. The van der Waals surface area contributed by atoms with Crippen LogP contribution >= 0.6 is 15.9 Å². The Balaban J connectivity index is 2.11. The van der Waals surface area contributed by atoms with Crippen LogP contribution in [0.2, 0.25) is 0 Å². The number of hydrogen-bond acceptors (Lipinski definition) is 4. The SMILES string of the molecule is COc1cc(OC)c2c(c1Br)OC(=Cc1ccccc1)C2=O. The molecule has 2 aromatic carbocycles. The molecule has 0 unspecified atom stereocenters. The molecule has 5 heteroatoms. The van der Waals surface area contributed by atoms with Gasteiger partial charge in [0.1, 0.15) is 21.5 Å². The lowest BCUT2D eigenvalue weighted by atomic mass is 10.1. The highest BCUT2D eigenvalue weighted by atomic mass is 79.9. The van der Waals surface area contributed by atoms with Gasteiger partial charge in [0, 0.05) is 6.07 Å². The minimum absolute atomic E-state index is 0.209. The van der Waals surface area contributed by atoms with Crippen LogP contribution in [-0.2, 0) is 0 Å². The molecule has 22 heavy (non-hydrogen) atoms. The van der Waals surface area contributed by atoms with Gasteiger partial charge in [0.2, 0.25) is 5.78 Å². The van der Waals surface area contributed by atoms with Crippen molar-refractivity contribution in [2.75, 3.05) is 14.2 Å². The van der Waals surface area contributed by atoms with Crippen molar-refractivity contribution in [2.24, 2.45) is 0 Å². The Hall–Kier alpha value is -2.27. The second-order valence-corrected chi connectivity index (χ2v) is 5.44. The highest BCUT2D eigenvalue weighted by Crippen LogP contribution is 2.48. The van der Waals surface area contributed by atoms with E-state index in [9.17, 15) is 4.79 Å². The van der Waals surface area contributed by atoms with Crippen molar-refractivity contribution < 1.29 is 19.0 Å². The Bertz CT molecular complexity index is 766. The van der Waals surface area contributed by atoms with Crippen molar-refractivity contribution in [3.8, 4) is 17.2 Å². The standard InChI is InChI=1S/C17H13BrO4/c1-20-11-9-12(21-2)15(18)17-14(11)16(19)13(22-17)8-10-6-4-3-5-7-10/h3-9H,1-2H3. The van der Waals surface area contributed by atoms with Gasteiger partial charge in [0.25, 0.3) is 0 Å². The first-order valence-electron chi connectivity index (χ1n) is 6.59. The van der Waals surface area contributed by atoms with Gasteiger partial charge in [0.15, 0.2) is 11.5 Å². The van der Waals surface area contributed by atoms with Gasteiger partial charge in [0.05, 0.1) is 14.2 Å². The van der Waals surface area contributed by atoms with Crippen molar-refractivity contribution in [1.82, 2.24) is 0 Å². The Morgan fingerprint density at radius 2 is 1.77 bits per heavy atom. The molecule has 1 aliphatic rings. The molecule has 0 fully saturated rings. The zero-order chi connectivity index (χ0) is 15.7. The number of methoxy groups -OCH3 is 2. The molecule has 0 N–H and O–H groups in total. The van der Waals surface area contributed by atoms with E-state index in [0.29, 0.717) is 27.3 Å². The number of benzene rings is 2. The minimum Gasteiger partial charge on any atom is -0.496 e. The fourth-order valence-corrected chi connectivity index (χ4v) is 2.84. The molecule has 0 bridgehead atoms. The van der Waals surface area contributed by atoms with Crippen LogP contribution in [0.4, 0.5) is 0 Å².